The van der Waals surface area contributed by atoms with Gasteiger partial charge in [-0.3, -0.25) is 4.79 Å². The molecule has 32 heavy (non-hydrogen) atoms. The van der Waals surface area contributed by atoms with E-state index in [4.69, 9.17) is 4.99 Å². The quantitative estimate of drug-likeness (QED) is 0.438. The van der Waals surface area contributed by atoms with E-state index >= 15 is 0 Å². The Labute approximate surface area is 191 Å². The van der Waals surface area contributed by atoms with E-state index in [1.807, 2.05) is 36.5 Å². The molecule has 0 radical (unpaired) electrons. The van der Waals surface area contributed by atoms with Crippen LogP contribution in [0.5, 0.6) is 0 Å². The van der Waals surface area contributed by atoms with E-state index in [1.165, 1.54) is 25.7 Å². The minimum Gasteiger partial charge on any atom is -0.357 e. The zero-order chi connectivity index (χ0) is 22.6. The van der Waals surface area contributed by atoms with Crippen molar-refractivity contribution in [3.63, 3.8) is 0 Å². The van der Waals surface area contributed by atoms with Gasteiger partial charge in [-0.1, -0.05) is 25.0 Å². The summed E-state index contributed by atoms with van der Waals surface area (Å²) in [6, 6.07) is 11.9. The third-order valence-corrected chi connectivity index (χ3v) is 5.63. The molecule has 3 N–H and O–H groups in total. The molecule has 2 aromatic rings. The number of guanidine groups is 1. The molecule has 7 nitrogen and oxygen atoms in total. The van der Waals surface area contributed by atoms with E-state index in [2.05, 4.69) is 38.8 Å². The molecule has 1 saturated heterocycles. The van der Waals surface area contributed by atoms with Crippen molar-refractivity contribution >= 4 is 17.7 Å². The van der Waals surface area contributed by atoms with Crippen LogP contribution in [0, 0.1) is 0 Å². The Bertz CT molecular complexity index is 890. The topological polar surface area (TPSA) is 81.7 Å². The molecule has 0 atom stereocenters. The maximum Gasteiger partial charge on any atom is 0.251 e. The number of nitrogens with zero attached hydrogens (tertiary/aromatic N) is 3. The number of carbonyl (C=O) groups excluding carboxylic acids is 1. The number of pyridine rings is 1. The van der Waals surface area contributed by atoms with Gasteiger partial charge in [-0.05, 0) is 61.6 Å². The second-order valence-electron chi connectivity index (χ2n) is 8.07. The largest absolute Gasteiger partial charge is 0.357 e. The molecule has 0 aliphatic carbocycles. The summed E-state index contributed by atoms with van der Waals surface area (Å²) in [5, 5.41) is 9.38. The van der Waals surface area contributed by atoms with Gasteiger partial charge in [0.1, 0.15) is 5.82 Å². The third kappa shape index (κ3) is 7.25. The van der Waals surface area contributed by atoms with Crippen LogP contribution in [-0.4, -0.2) is 50.1 Å². The fraction of sp³-hybridized carbons (Fsp3) is 0.480. The molecule has 1 aliphatic heterocycles. The molecular weight excluding hydrogens is 400 g/mol. The second kappa shape index (κ2) is 12.7. The fourth-order valence-corrected chi connectivity index (χ4v) is 3.88. The summed E-state index contributed by atoms with van der Waals surface area (Å²) in [4.78, 5) is 23.6. The highest BCUT2D eigenvalue weighted by atomic mass is 16.1. The highest BCUT2D eigenvalue weighted by molar-refractivity contribution is 5.94. The van der Waals surface area contributed by atoms with Gasteiger partial charge in [0.25, 0.3) is 5.91 Å². The maximum atomic E-state index is 11.8. The van der Waals surface area contributed by atoms with Crippen molar-refractivity contribution in [1.29, 1.82) is 0 Å². The zero-order valence-corrected chi connectivity index (χ0v) is 19.4. The van der Waals surface area contributed by atoms with Crippen LogP contribution >= 0.6 is 0 Å². The van der Waals surface area contributed by atoms with Crippen molar-refractivity contribution in [1.82, 2.24) is 20.9 Å². The van der Waals surface area contributed by atoms with Gasteiger partial charge in [0.05, 0.1) is 6.54 Å². The lowest BCUT2D eigenvalue weighted by Gasteiger charge is -2.21. The van der Waals surface area contributed by atoms with Crippen LogP contribution in [0.1, 0.15) is 54.1 Å². The number of amides is 1. The Morgan fingerprint density at radius 2 is 1.88 bits per heavy atom. The highest BCUT2D eigenvalue weighted by Crippen LogP contribution is 2.18. The summed E-state index contributed by atoms with van der Waals surface area (Å²) in [6.45, 7) is 6.38. The first kappa shape index (κ1) is 23.6. The molecule has 172 valence electrons. The predicted molar refractivity (Wildman–Crippen MR) is 131 cm³/mol. The number of carbonyl (C=O) groups is 1. The fourth-order valence-electron chi connectivity index (χ4n) is 3.88. The van der Waals surface area contributed by atoms with Crippen LogP contribution in [0.2, 0.25) is 0 Å². The van der Waals surface area contributed by atoms with Crippen molar-refractivity contribution in [2.75, 3.05) is 38.1 Å². The number of hydrogen-bond acceptors (Lipinski definition) is 4. The van der Waals surface area contributed by atoms with E-state index in [9.17, 15) is 4.79 Å². The summed E-state index contributed by atoms with van der Waals surface area (Å²) in [5.41, 5.74) is 2.96. The molecule has 0 bridgehead atoms. The molecule has 1 aromatic carbocycles. The molecule has 0 spiro atoms. The minimum atomic E-state index is -0.0633. The number of benzene rings is 1. The lowest BCUT2D eigenvalue weighted by atomic mass is 10.1. The Morgan fingerprint density at radius 1 is 1.06 bits per heavy atom. The number of hydrogen-bond donors (Lipinski definition) is 3. The molecule has 1 amide bonds. The van der Waals surface area contributed by atoms with Crippen LogP contribution in [0.15, 0.2) is 47.6 Å². The first-order valence-electron chi connectivity index (χ1n) is 11.7. The van der Waals surface area contributed by atoms with Crippen LogP contribution in [-0.2, 0) is 13.0 Å². The van der Waals surface area contributed by atoms with E-state index < -0.39 is 0 Å². The second-order valence-corrected chi connectivity index (χ2v) is 8.07. The van der Waals surface area contributed by atoms with E-state index in [0.29, 0.717) is 12.1 Å². The summed E-state index contributed by atoms with van der Waals surface area (Å²) >= 11 is 0. The van der Waals surface area contributed by atoms with Crippen molar-refractivity contribution in [2.45, 2.75) is 45.6 Å². The van der Waals surface area contributed by atoms with Gasteiger partial charge >= 0.3 is 0 Å². The Balaban J connectivity index is 1.57. The number of aromatic nitrogens is 1. The number of rotatable bonds is 8. The number of anilines is 1. The third-order valence-electron chi connectivity index (χ3n) is 5.63. The van der Waals surface area contributed by atoms with Crippen LogP contribution in [0.25, 0.3) is 0 Å². The smallest absolute Gasteiger partial charge is 0.251 e. The van der Waals surface area contributed by atoms with Gasteiger partial charge in [0.2, 0.25) is 0 Å². The van der Waals surface area contributed by atoms with E-state index in [0.717, 1.165) is 55.5 Å². The first-order chi connectivity index (χ1) is 15.7. The molecule has 7 heteroatoms. The SMILES string of the molecule is CCNC(=NCc1ccnc(N2CCCCCC2)c1)NCCc1cccc(C(=O)NC)c1. The zero-order valence-electron chi connectivity index (χ0n) is 19.4. The summed E-state index contributed by atoms with van der Waals surface area (Å²) in [7, 11) is 1.65. The van der Waals surface area contributed by atoms with Crippen molar-refractivity contribution in [2.24, 2.45) is 4.99 Å². The van der Waals surface area contributed by atoms with Gasteiger partial charge in [-0.25, -0.2) is 9.98 Å². The van der Waals surface area contributed by atoms with Crippen molar-refractivity contribution in [3.8, 4) is 0 Å². The number of aliphatic imine (C=N–C) groups is 1. The monoisotopic (exact) mass is 436 g/mol. The van der Waals surface area contributed by atoms with Gasteiger partial charge in [0, 0.05) is 45.0 Å². The molecule has 1 aliphatic rings. The highest BCUT2D eigenvalue weighted by Gasteiger charge is 2.11. The summed E-state index contributed by atoms with van der Waals surface area (Å²) in [6.07, 6.45) is 7.81. The van der Waals surface area contributed by atoms with E-state index in [1.54, 1.807) is 7.05 Å². The summed E-state index contributed by atoms with van der Waals surface area (Å²) in [5.74, 6) is 1.79. The first-order valence-corrected chi connectivity index (χ1v) is 11.7. The van der Waals surface area contributed by atoms with Crippen molar-refractivity contribution < 1.29 is 4.79 Å². The van der Waals surface area contributed by atoms with Gasteiger partial charge in [0.15, 0.2) is 5.96 Å². The summed E-state index contributed by atoms with van der Waals surface area (Å²) < 4.78 is 0. The van der Waals surface area contributed by atoms with Crippen LogP contribution in [0.3, 0.4) is 0 Å². The molecule has 0 unspecified atom stereocenters. The Hall–Kier alpha value is -3.09. The van der Waals surface area contributed by atoms with Crippen molar-refractivity contribution in [3.05, 3.63) is 59.3 Å². The average molecular weight is 437 g/mol. The van der Waals surface area contributed by atoms with Crippen LogP contribution in [0.4, 0.5) is 5.82 Å². The lowest BCUT2D eigenvalue weighted by Crippen LogP contribution is -2.38. The average Bonchev–Trinajstić information content (AvgIpc) is 3.12. The minimum absolute atomic E-state index is 0.0633. The molecular formula is C25H36N6O. The standard InChI is InChI=1S/C25H36N6O/c1-3-27-25(29-14-11-20-9-8-10-22(17-20)24(32)26-2)30-19-21-12-13-28-23(18-21)31-15-6-4-5-7-16-31/h8-10,12-13,17-18H,3-7,11,14-16,19H2,1-2H3,(H,26,32)(H2,27,29,30). The van der Waals surface area contributed by atoms with Gasteiger partial charge in [-0.15, -0.1) is 0 Å². The molecule has 1 aromatic heterocycles. The van der Waals surface area contributed by atoms with E-state index in [-0.39, 0.29) is 5.91 Å². The predicted octanol–water partition coefficient (Wildman–Crippen LogP) is 3.12. The Kier molecular flexibility index (Phi) is 9.35. The maximum absolute atomic E-state index is 11.8. The molecule has 0 saturated carbocycles. The normalized spacial score (nSPS) is 14.6. The molecule has 3 rings (SSSR count). The Morgan fingerprint density at radius 3 is 2.62 bits per heavy atom. The molecule has 1 fully saturated rings. The van der Waals surface area contributed by atoms with Gasteiger partial charge < -0.3 is 20.9 Å². The van der Waals surface area contributed by atoms with Crippen LogP contribution < -0.4 is 20.9 Å². The van der Waals surface area contributed by atoms with Gasteiger partial charge in [-0.2, -0.15) is 0 Å². The number of nitrogens with one attached hydrogen (secondary N) is 3. The lowest BCUT2D eigenvalue weighted by molar-refractivity contribution is 0.0963. The molecule has 2 heterocycles.